The molecule has 2 N–H and O–H groups in total. The van der Waals surface area contributed by atoms with E-state index < -0.39 is 6.09 Å². The summed E-state index contributed by atoms with van der Waals surface area (Å²) < 4.78 is 0. The summed E-state index contributed by atoms with van der Waals surface area (Å²) in [4.78, 5) is 26.0. The van der Waals surface area contributed by atoms with Gasteiger partial charge in [0.2, 0.25) is 5.01 Å². The molecule has 1 atom stereocenters. The number of carbonyl (C=O) groups is 2. The van der Waals surface area contributed by atoms with E-state index in [1.54, 1.807) is 12.1 Å². The topological polar surface area (TPSA) is 95.4 Å². The predicted octanol–water partition coefficient (Wildman–Crippen LogP) is 6.31. The lowest BCUT2D eigenvalue weighted by Gasteiger charge is -2.36. The highest BCUT2D eigenvalue weighted by Gasteiger charge is 2.31. The van der Waals surface area contributed by atoms with Gasteiger partial charge >= 0.3 is 6.09 Å². The van der Waals surface area contributed by atoms with Crippen LogP contribution >= 0.6 is 34.5 Å². The molecule has 2 aromatic carbocycles. The standard InChI is InChI=1S/C24H24Cl2N4O3S/c1-13(2)9-20-17-5-4-16(12-15(17)7-8-30(20)24(32)33)27-22(31)23-29-28-21(34-23)11-14-3-6-18(25)19(26)10-14/h3-6,10,12-13,20H,7-9,11H2,1-2H3,(H,27,31)(H,32,33). The van der Waals surface area contributed by atoms with Gasteiger partial charge in [-0.3, -0.25) is 4.79 Å². The van der Waals surface area contributed by atoms with Gasteiger partial charge in [0.25, 0.3) is 5.91 Å². The number of benzene rings is 2. The highest BCUT2D eigenvalue weighted by Crippen LogP contribution is 2.36. The summed E-state index contributed by atoms with van der Waals surface area (Å²) in [6, 6.07) is 10.8. The van der Waals surface area contributed by atoms with E-state index in [9.17, 15) is 14.7 Å². The second-order valence-electron chi connectivity index (χ2n) is 8.67. The van der Waals surface area contributed by atoms with E-state index in [0.717, 1.165) is 23.1 Å². The first-order chi connectivity index (χ1) is 16.2. The fraction of sp³-hybridized carbons (Fsp3) is 0.333. The van der Waals surface area contributed by atoms with Gasteiger partial charge in [-0.05, 0) is 59.7 Å². The van der Waals surface area contributed by atoms with Crippen LogP contribution in [0.4, 0.5) is 10.5 Å². The number of anilines is 1. The first-order valence-electron chi connectivity index (χ1n) is 10.9. The summed E-state index contributed by atoms with van der Waals surface area (Å²) in [6.07, 6.45) is 0.948. The minimum absolute atomic E-state index is 0.182. The van der Waals surface area contributed by atoms with E-state index in [1.807, 2.05) is 24.3 Å². The number of fused-ring (bicyclic) bond motifs is 1. The Morgan fingerprint density at radius 1 is 1.18 bits per heavy atom. The molecule has 0 saturated heterocycles. The zero-order valence-corrected chi connectivity index (χ0v) is 21.0. The van der Waals surface area contributed by atoms with Crippen LogP contribution < -0.4 is 5.32 Å². The Kier molecular flexibility index (Phi) is 7.40. The maximum absolute atomic E-state index is 12.8. The average molecular weight is 519 g/mol. The second-order valence-corrected chi connectivity index (χ2v) is 10.5. The van der Waals surface area contributed by atoms with Gasteiger partial charge in [0.1, 0.15) is 5.01 Å². The summed E-state index contributed by atoms with van der Waals surface area (Å²) >= 11 is 13.3. The number of carbonyl (C=O) groups excluding carboxylic acids is 1. The third kappa shape index (κ3) is 5.51. The summed E-state index contributed by atoms with van der Waals surface area (Å²) in [5.41, 5.74) is 3.63. The highest BCUT2D eigenvalue weighted by atomic mass is 35.5. The Bertz CT molecular complexity index is 1230. The van der Waals surface area contributed by atoms with Crippen LogP contribution in [0.25, 0.3) is 0 Å². The number of nitrogens with one attached hydrogen (secondary N) is 1. The largest absolute Gasteiger partial charge is 0.465 e. The smallest absolute Gasteiger partial charge is 0.407 e. The van der Waals surface area contributed by atoms with Crippen LogP contribution in [0.15, 0.2) is 36.4 Å². The lowest BCUT2D eigenvalue weighted by Crippen LogP contribution is -2.39. The van der Waals surface area contributed by atoms with Crippen LogP contribution in [0.2, 0.25) is 10.0 Å². The molecule has 3 aromatic rings. The summed E-state index contributed by atoms with van der Waals surface area (Å²) in [5.74, 6) is 0.0206. The van der Waals surface area contributed by atoms with Crippen LogP contribution in [0.5, 0.6) is 0 Å². The van der Waals surface area contributed by atoms with E-state index in [2.05, 4.69) is 29.4 Å². The third-order valence-corrected chi connectivity index (χ3v) is 7.36. The zero-order valence-electron chi connectivity index (χ0n) is 18.7. The van der Waals surface area contributed by atoms with Gasteiger partial charge < -0.3 is 15.3 Å². The summed E-state index contributed by atoms with van der Waals surface area (Å²) in [6.45, 7) is 4.60. The first kappa shape index (κ1) is 24.4. The van der Waals surface area contributed by atoms with Gasteiger partial charge in [0.15, 0.2) is 0 Å². The molecular formula is C24H24Cl2N4O3S. The Balaban J connectivity index is 1.47. The van der Waals surface area contributed by atoms with Crippen molar-refractivity contribution in [1.29, 1.82) is 0 Å². The lowest BCUT2D eigenvalue weighted by atomic mass is 9.87. The quantitative estimate of drug-likeness (QED) is 0.398. The molecule has 0 saturated carbocycles. The molecule has 4 rings (SSSR count). The number of nitrogens with zero attached hydrogens (tertiary/aromatic N) is 3. The molecule has 1 aliphatic heterocycles. The minimum Gasteiger partial charge on any atom is -0.465 e. The Hall–Kier alpha value is -2.68. The molecule has 1 unspecified atom stereocenters. The number of amides is 2. The van der Waals surface area contributed by atoms with Crippen LogP contribution in [0.1, 0.15) is 57.8 Å². The second kappa shape index (κ2) is 10.3. The zero-order chi connectivity index (χ0) is 24.4. The van der Waals surface area contributed by atoms with E-state index in [-0.39, 0.29) is 17.0 Å². The van der Waals surface area contributed by atoms with Gasteiger partial charge in [-0.1, -0.05) is 60.5 Å². The monoisotopic (exact) mass is 518 g/mol. The van der Waals surface area contributed by atoms with Crippen molar-refractivity contribution in [3.05, 3.63) is 73.1 Å². The normalized spacial score (nSPS) is 15.3. The Labute approximate surface area is 211 Å². The molecule has 0 fully saturated rings. The first-order valence-corrected chi connectivity index (χ1v) is 12.5. The fourth-order valence-electron chi connectivity index (χ4n) is 4.14. The fourth-order valence-corrected chi connectivity index (χ4v) is 5.23. The molecule has 2 amide bonds. The maximum atomic E-state index is 12.8. The molecule has 2 heterocycles. The highest BCUT2D eigenvalue weighted by molar-refractivity contribution is 7.13. The molecule has 0 bridgehead atoms. The molecule has 0 radical (unpaired) electrons. The van der Waals surface area contributed by atoms with Crippen molar-refractivity contribution in [2.45, 2.75) is 39.2 Å². The van der Waals surface area contributed by atoms with Crippen molar-refractivity contribution >= 4 is 52.2 Å². The molecule has 1 aliphatic rings. The molecule has 34 heavy (non-hydrogen) atoms. The molecule has 0 aliphatic carbocycles. The van der Waals surface area contributed by atoms with Crippen molar-refractivity contribution in [2.75, 3.05) is 11.9 Å². The molecular weight excluding hydrogens is 495 g/mol. The van der Waals surface area contributed by atoms with E-state index in [1.165, 1.54) is 16.2 Å². The number of rotatable bonds is 6. The van der Waals surface area contributed by atoms with Gasteiger partial charge in [-0.2, -0.15) is 0 Å². The lowest BCUT2D eigenvalue weighted by molar-refractivity contribution is 0.102. The van der Waals surface area contributed by atoms with E-state index in [0.29, 0.717) is 46.0 Å². The van der Waals surface area contributed by atoms with Gasteiger partial charge in [0.05, 0.1) is 16.1 Å². The number of hydrogen-bond donors (Lipinski definition) is 2. The Morgan fingerprint density at radius 3 is 2.68 bits per heavy atom. The number of hydrogen-bond acceptors (Lipinski definition) is 5. The van der Waals surface area contributed by atoms with Crippen molar-refractivity contribution in [2.24, 2.45) is 5.92 Å². The minimum atomic E-state index is -0.901. The number of carboxylic acid groups (broad SMARTS) is 1. The summed E-state index contributed by atoms with van der Waals surface area (Å²) in [5, 5.41) is 22.6. The van der Waals surface area contributed by atoms with Gasteiger partial charge in [-0.25, -0.2) is 4.79 Å². The molecule has 1 aromatic heterocycles. The molecule has 10 heteroatoms. The van der Waals surface area contributed by atoms with Crippen LogP contribution in [0.3, 0.4) is 0 Å². The predicted molar refractivity (Wildman–Crippen MR) is 134 cm³/mol. The molecule has 0 spiro atoms. The van der Waals surface area contributed by atoms with Gasteiger partial charge in [0, 0.05) is 18.7 Å². The number of halogens is 2. The average Bonchev–Trinajstić information content (AvgIpc) is 3.24. The van der Waals surface area contributed by atoms with E-state index in [4.69, 9.17) is 23.2 Å². The van der Waals surface area contributed by atoms with E-state index >= 15 is 0 Å². The Morgan fingerprint density at radius 2 is 1.97 bits per heavy atom. The maximum Gasteiger partial charge on any atom is 0.407 e. The molecule has 178 valence electrons. The van der Waals surface area contributed by atoms with Crippen LogP contribution in [-0.2, 0) is 12.8 Å². The van der Waals surface area contributed by atoms with Gasteiger partial charge in [-0.15, -0.1) is 10.2 Å². The van der Waals surface area contributed by atoms with Crippen molar-refractivity contribution in [3.8, 4) is 0 Å². The van der Waals surface area contributed by atoms with Crippen LogP contribution in [-0.4, -0.2) is 38.7 Å². The number of aromatic nitrogens is 2. The van der Waals surface area contributed by atoms with Crippen molar-refractivity contribution in [1.82, 2.24) is 15.1 Å². The third-order valence-electron chi connectivity index (χ3n) is 5.70. The summed E-state index contributed by atoms with van der Waals surface area (Å²) in [7, 11) is 0. The van der Waals surface area contributed by atoms with Crippen molar-refractivity contribution < 1.29 is 14.7 Å². The van der Waals surface area contributed by atoms with Crippen LogP contribution in [0, 0.1) is 5.92 Å². The SMILES string of the molecule is CC(C)CC1c2ccc(NC(=O)c3nnc(Cc4ccc(Cl)c(Cl)c4)s3)cc2CCN1C(=O)O. The molecule has 7 nitrogen and oxygen atoms in total. The van der Waals surface area contributed by atoms with Crippen molar-refractivity contribution in [3.63, 3.8) is 0 Å².